The molecule has 0 saturated carbocycles. The molecule has 0 aliphatic rings. The third kappa shape index (κ3) is 3.92. The Morgan fingerprint density at radius 1 is 1.50 bits per heavy atom. The summed E-state index contributed by atoms with van der Waals surface area (Å²) in [5.41, 5.74) is -0.279. The van der Waals surface area contributed by atoms with E-state index in [9.17, 15) is 13.8 Å². The van der Waals surface area contributed by atoms with Crippen LogP contribution < -0.4 is 5.32 Å². The van der Waals surface area contributed by atoms with E-state index < -0.39 is 22.7 Å². The van der Waals surface area contributed by atoms with E-state index in [1.807, 2.05) is 0 Å². The second-order valence-corrected chi connectivity index (χ2v) is 5.26. The van der Waals surface area contributed by atoms with E-state index in [-0.39, 0.29) is 17.8 Å². The van der Waals surface area contributed by atoms with Crippen molar-refractivity contribution in [2.75, 3.05) is 18.1 Å². The van der Waals surface area contributed by atoms with Crippen LogP contribution in [-0.4, -0.2) is 44.2 Å². The average molecular weight is 270 g/mol. The average Bonchev–Trinajstić information content (AvgIpc) is 2.38. The van der Waals surface area contributed by atoms with Crippen LogP contribution in [0.1, 0.15) is 27.8 Å². The predicted octanol–water partition coefficient (Wildman–Crippen LogP) is 0.278. The number of carboxylic acids is 1. The Hall–Kier alpha value is -1.76. The van der Waals surface area contributed by atoms with Crippen molar-refractivity contribution >= 4 is 22.7 Å². The normalized spacial score (nSPS) is 11.8. The van der Waals surface area contributed by atoms with E-state index in [0.29, 0.717) is 11.5 Å². The minimum atomic E-state index is -1.20. The van der Waals surface area contributed by atoms with Crippen LogP contribution in [0.4, 0.5) is 0 Å². The van der Waals surface area contributed by atoms with Crippen molar-refractivity contribution in [3.8, 4) is 0 Å². The number of hydrogen-bond donors (Lipinski definition) is 2. The molecule has 1 aromatic heterocycles. The maximum absolute atomic E-state index is 11.7. The number of nitrogens with one attached hydrogen (secondary N) is 1. The first-order chi connectivity index (χ1) is 8.56. The molecule has 98 valence electrons. The lowest BCUT2D eigenvalue weighted by atomic mass is 10.2. The van der Waals surface area contributed by atoms with Crippen LogP contribution in [-0.2, 0) is 10.8 Å². The fourth-order valence-corrected chi connectivity index (χ4v) is 1.88. The molecule has 0 bridgehead atoms. The maximum Gasteiger partial charge on any atom is 0.338 e. The van der Waals surface area contributed by atoms with Crippen LogP contribution in [0.15, 0.2) is 18.3 Å². The number of amides is 1. The van der Waals surface area contributed by atoms with E-state index in [1.165, 1.54) is 18.3 Å². The lowest BCUT2D eigenvalue weighted by molar-refractivity contribution is 0.0690. The number of nitrogens with zero attached hydrogens (tertiary/aromatic N) is 1. The molecule has 0 spiro atoms. The highest BCUT2D eigenvalue weighted by atomic mass is 32.2. The highest BCUT2D eigenvalue weighted by molar-refractivity contribution is 7.84. The Morgan fingerprint density at radius 3 is 2.83 bits per heavy atom. The van der Waals surface area contributed by atoms with Crippen molar-refractivity contribution in [1.82, 2.24) is 10.3 Å². The molecule has 1 aromatic rings. The highest BCUT2D eigenvalue weighted by Crippen LogP contribution is 2.04. The minimum absolute atomic E-state index is 0.132. The van der Waals surface area contributed by atoms with Crippen molar-refractivity contribution in [3.05, 3.63) is 29.6 Å². The molecule has 1 heterocycles. The zero-order chi connectivity index (χ0) is 13.5. The molecule has 1 amide bonds. The van der Waals surface area contributed by atoms with Crippen LogP contribution in [0, 0.1) is 0 Å². The van der Waals surface area contributed by atoms with Gasteiger partial charge >= 0.3 is 5.97 Å². The standard InChI is InChI=1S/C11H14N2O4S/c1-2-18(17)7-6-13-10(14)9-8(11(15)16)4-3-5-12-9/h3-5H,2,6-7H2,1H3,(H,13,14)(H,15,16). The molecule has 18 heavy (non-hydrogen) atoms. The van der Waals surface area contributed by atoms with Crippen molar-refractivity contribution in [2.45, 2.75) is 6.92 Å². The van der Waals surface area contributed by atoms with Gasteiger partial charge in [-0.3, -0.25) is 14.0 Å². The molecule has 0 aliphatic heterocycles. The van der Waals surface area contributed by atoms with Gasteiger partial charge < -0.3 is 10.4 Å². The number of aromatic carboxylic acids is 1. The second kappa shape index (κ2) is 6.85. The molecule has 1 unspecified atom stereocenters. The van der Waals surface area contributed by atoms with Gasteiger partial charge in [0.25, 0.3) is 5.91 Å². The van der Waals surface area contributed by atoms with E-state index in [1.54, 1.807) is 6.92 Å². The molecule has 0 radical (unpaired) electrons. The second-order valence-electron chi connectivity index (χ2n) is 3.39. The largest absolute Gasteiger partial charge is 0.478 e. The molecule has 0 saturated heterocycles. The molecule has 0 aromatic carbocycles. The van der Waals surface area contributed by atoms with Crippen molar-refractivity contribution in [1.29, 1.82) is 0 Å². The minimum Gasteiger partial charge on any atom is -0.478 e. The van der Waals surface area contributed by atoms with Crippen LogP contribution in [0.2, 0.25) is 0 Å². The van der Waals surface area contributed by atoms with Crippen LogP contribution >= 0.6 is 0 Å². The summed E-state index contributed by atoms with van der Waals surface area (Å²) in [6.45, 7) is 2.02. The van der Waals surface area contributed by atoms with Crippen LogP contribution in [0.25, 0.3) is 0 Å². The molecule has 0 fully saturated rings. The van der Waals surface area contributed by atoms with E-state index in [0.717, 1.165) is 0 Å². The number of aromatic nitrogens is 1. The first-order valence-corrected chi connectivity index (χ1v) is 6.86. The molecule has 7 heteroatoms. The van der Waals surface area contributed by atoms with Gasteiger partial charge in [0.1, 0.15) is 5.69 Å². The van der Waals surface area contributed by atoms with Gasteiger partial charge in [0.05, 0.1) is 5.56 Å². The van der Waals surface area contributed by atoms with Crippen LogP contribution in [0.3, 0.4) is 0 Å². The van der Waals surface area contributed by atoms with E-state index in [4.69, 9.17) is 5.11 Å². The molecule has 6 nitrogen and oxygen atoms in total. The zero-order valence-corrected chi connectivity index (χ0v) is 10.7. The number of carboxylic acid groups (broad SMARTS) is 1. The third-order valence-corrected chi connectivity index (χ3v) is 3.49. The van der Waals surface area contributed by atoms with Gasteiger partial charge in [0.2, 0.25) is 0 Å². The van der Waals surface area contributed by atoms with Crippen molar-refractivity contribution in [3.63, 3.8) is 0 Å². The Kier molecular flexibility index (Phi) is 5.44. The summed E-state index contributed by atoms with van der Waals surface area (Å²) in [4.78, 5) is 26.3. The Morgan fingerprint density at radius 2 is 2.22 bits per heavy atom. The van der Waals surface area contributed by atoms with Gasteiger partial charge in [-0.1, -0.05) is 6.92 Å². The number of carbonyl (C=O) groups excluding carboxylic acids is 1. The smallest absolute Gasteiger partial charge is 0.338 e. The molecule has 1 rings (SSSR count). The number of rotatable bonds is 6. The summed E-state index contributed by atoms with van der Waals surface area (Å²) in [7, 11) is -0.965. The van der Waals surface area contributed by atoms with E-state index in [2.05, 4.69) is 10.3 Å². The molecular formula is C11H14N2O4S. The maximum atomic E-state index is 11.7. The van der Waals surface area contributed by atoms with Gasteiger partial charge in [-0.25, -0.2) is 4.79 Å². The Bertz CT molecular complexity index is 476. The van der Waals surface area contributed by atoms with Gasteiger partial charge in [0.15, 0.2) is 0 Å². The monoisotopic (exact) mass is 270 g/mol. The van der Waals surface area contributed by atoms with Crippen molar-refractivity contribution < 1.29 is 18.9 Å². The Balaban J connectivity index is 2.67. The summed E-state index contributed by atoms with van der Waals surface area (Å²) in [6, 6.07) is 2.76. The van der Waals surface area contributed by atoms with Gasteiger partial charge in [-0.05, 0) is 12.1 Å². The molecular weight excluding hydrogens is 256 g/mol. The number of hydrogen-bond acceptors (Lipinski definition) is 4. The highest BCUT2D eigenvalue weighted by Gasteiger charge is 2.17. The van der Waals surface area contributed by atoms with Gasteiger partial charge in [-0.2, -0.15) is 0 Å². The van der Waals surface area contributed by atoms with E-state index >= 15 is 0 Å². The number of pyridine rings is 1. The van der Waals surface area contributed by atoms with Crippen LogP contribution in [0.5, 0.6) is 0 Å². The first-order valence-electron chi connectivity index (χ1n) is 5.37. The SMILES string of the molecule is CCS(=O)CCNC(=O)c1ncccc1C(=O)O. The third-order valence-electron chi connectivity index (χ3n) is 2.19. The summed E-state index contributed by atoms with van der Waals surface area (Å²) < 4.78 is 11.2. The fraction of sp³-hybridized carbons (Fsp3) is 0.364. The molecule has 2 N–H and O–H groups in total. The van der Waals surface area contributed by atoms with Gasteiger partial charge in [-0.15, -0.1) is 0 Å². The molecule has 1 atom stereocenters. The summed E-state index contributed by atoms with van der Waals surface area (Å²) in [6.07, 6.45) is 1.35. The van der Waals surface area contributed by atoms with Crippen molar-refractivity contribution in [2.24, 2.45) is 0 Å². The first kappa shape index (κ1) is 14.3. The molecule has 0 aliphatic carbocycles. The summed E-state index contributed by atoms with van der Waals surface area (Å²) in [5.74, 6) is -0.899. The fourth-order valence-electron chi connectivity index (χ4n) is 1.27. The Labute approximate surface area is 107 Å². The quantitative estimate of drug-likeness (QED) is 0.774. The van der Waals surface area contributed by atoms with Gasteiger partial charge in [0, 0.05) is 35.0 Å². The summed E-state index contributed by atoms with van der Waals surface area (Å²) in [5, 5.41) is 11.4. The lowest BCUT2D eigenvalue weighted by Crippen LogP contribution is -2.30. The number of carbonyl (C=O) groups is 2. The zero-order valence-electron chi connectivity index (χ0n) is 9.88. The summed E-state index contributed by atoms with van der Waals surface area (Å²) >= 11 is 0. The predicted molar refractivity (Wildman–Crippen MR) is 67.1 cm³/mol. The topological polar surface area (TPSA) is 96.4 Å². The lowest BCUT2D eigenvalue weighted by Gasteiger charge is -2.06.